The third-order valence-electron chi connectivity index (χ3n) is 2.78. The van der Waals surface area contributed by atoms with Crippen molar-refractivity contribution >= 4 is 0 Å². The highest BCUT2D eigenvalue weighted by atomic mass is 19.4. The maximum Gasteiger partial charge on any atom is 0.416 e. The molecular formula is C15H13F3O2. The Morgan fingerprint density at radius 1 is 0.950 bits per heavy atom. The molecule has 2 aromatic rings. The molecule has 0 saturated carbocycles. The van der Waals surface area contributed by atoms with Gasteiger partial charge in [0.25, 0.3) is 0 Å². The predicted molar refractivity (Wildman–Crippen MR) is 68.3 cm³/mol. The molecule has 0 fully saturated rings. The fraction of sp³-hybridized carbons (Fsp3) is 0.200. The van der Waals surface area contributed by atoms with Crippen molar-refractivity contribution in [2.45, 2.75) is 12.3 Å². The van der Waals surface area contributed by atoms with Crippen molar-refractivity contribution in [1.29, 1.82) is 0 Å². The largest absolute Gasteiger partial charge is 0.491 e. The lowest BCUT2D eigenvalue weighted by Crippen LogP contribution is -2.16. The van der Waals surface area contributed by atoms with E-state index in [-0.39, 0.29) is 12.2 Å². The number of rotatable bonds is 4. The van der Waals surface area contributed by atoms with Crippen LogP contribution in [-0.2, 0) is 6.18 Å². The van der Waals surface area contributed by atoms with Crippen LogP contribution in [0.2, 0.25) is 0 Å². The van der Waals surface area contributed by atoms with Crippen molar-refractivity contribution in [3.8, 4) is 5.75 Å². The van der Waals surface area contributed by atoms with Crippen molar-refractivity contribution in [1.82, 2.24) is 0 Å². The van der Waals surface area contributed by atoms with Crippen LogP contribution in [0, 0.1) is 0 Å². The summed E-state index contributed by atoms with van der Waals surface area (Å²) >= 11 is 0. The lowest BCUT2D eigenvalue weighted by Gasteiger charge is -2.17. The van der Waals surface area contributed by atoms with Gasteiger partial charge < -0.3 is 9.84 Å². The molecule has 1 N–H and O–H groups in total. The summed E-state index contributed by atoms with van der Waals surface area (Å²) in [6.45, 7) is -0.239. The molecule has 1 atom stereocenters. The molecule has 0 radical (unpaired) electrons. The number of hydrogen-bond acceptors (Lipinski definition) is 2. The molecule has 2 aromatic carbocycles. The van der Waals surface area contributed by atoms with Crippen LogP contribution in [0.3, 0.4) is 0 Å². The van der Waals surface area contributed by atoms with Gasteiger partial charge >= 0.3 is 6.18 Å². The van der Waals surface area contributed by atoms with Crippen LogP contribution in [-0.4, -0.2) is 11.7 Å². The number of benzene rings is 2. The van der Waals surface area contributed by atoms with Gasteiger partial charge in [-0.25, -0.2) is 0 Å². The van der Waals surface area contributed by atoms with Gasteiger partial charge in [-0.3, -0.25) is 0 Å². The van der Waals surface area contributed by atoms with E-state index in [2.05, 4.69) is 0 Å². The Morgan fingerprint density at radius 2 is 1.55 bits per heavy atom. The topological polar surface area (TPSA) is 29.5 Å². The quantitative estimate of drug-likeness (QED) is 0.923. The number of aliphatic hydroxyl groups is 1. The van der Waals surface area contributed by atoms with E-state index >= 15 is 0 Å². The van der Waals surface area contributed by atoms with Crippen molar-refractivity contribution in [3.63, 3.8) is 0 Å². The third-order valence-corrected chi connectivity index (χ3v) is 2.78. The number of hydrogen-bond donors (Lipinski definition) is 1. The Hall–Kier alpha value is -2.01. The summed E-state index contributed by atoms with van der Waals surface area (Å²) in [4.78, 5) is 0. The molecule has 0 aliphatic heterocycles. The lowest BCUT2D eigenvalue weighted by atomic mass is 10.0. The minimum absolute atomic E-state index is 0.184. The molecule has 2 nitrogen and oxygen atoms in total. The van der Waals surface area contributed by atoms with E-state index < -0.39 is 17.8 Å². The van der Waals surface area contributed by atoms with Crippen LogP contribution in [0.5, 0.6) is 5.75 Å². The molecule has 106 valence electrons. The van der Waals surface area contributed by atoms with Crippen LogP contribution >= 0.6 is 0 Å². The highest BCUT2D eigenvalue weighted by molar-refractivity contribution is 5.31. The van der Waals surface area contributed by atoms with Crippen LogP contribution < -0.4 is 4.74 Å². The van der Waals surface area contributed by atoms with Gasteiger partial charge in [-0.2, -0.15) is 13.2 Å². The molecule has 1 unspecified atom stereocenters. The maximum absolute atomic E-state index is 12.8. The Bertz CT molecular complexity index is 553. The van der Waals surface area contributed by atoms with E-state index in [1.807, 2.05) is 0 Å². The average molecular weight is 282 g/mol. The Labute approximate surface area is 114 Å². The highest BCUT2D eigenvalue weighted by Crippen LogP contribution is 2.34. The lowest BCUT2D eigenvalue weighted by molar-refractivity contribution is -0.139. The fourth-order valence-electron chi connectivity index (χ4n) is 1.83. The standard InChI is InChI=1S/C15H13F3O2/c16-15(17,18)13-9-5-4-8-12(13)14(19)10-20-11-6-2-1-3-7-11/h1-9,14,19H,10H2. The normalized spacial score (nSPS) is 13.0. The number of ether oxygens (including phenoxy) is 1. The van der Waals surface area contributed by atoms with Gasteiger partial charge in [0.2, 0.25) is 0 Å². The number of aliphatic hydroxyl groups excluding tert-OH is 1. The van der Waals surface area contributed by atoms with Crippen molar-refractivity contribution < 1.29 is 23.0 Å². The molecule has 20 heavy (non-hydrogen) atoms. The molecule has 0 bridgehead atoms. The molecule has 0 aliphatic rings. The first-order valence-electron chi connectivity index (χ1n) is 6.00. The van der Waals surface area contributed by atoms with Crippen LogP contribution in [0.15, 0.2) is 54.6 Å². The minimum atomic E-state index is -4.50. The summed E-state index contributed by atoms with van der Waals surface area (Å²) < 4.78 is 43.7. The second-order valence-electron chi connectivity index (χ2n) is 4.22. The summed E-state index contributed by atoms with van der Waals surface area (Å²) in [5, 5.41) is 9.90. The van der Waals surface area contributed by atoms with Crippen LogP contribution in [0.1, 0.15) is 17.2 Å². The van der Waals surface area contributed by atoms with Crippen molar-refractivity contribution in [2.75, 3.05) is 6.61 Å². The SMILES string of the molecule is OC(COc1ccccc1)c1ccccc1C(F)(F)F. The van der Waals surface area contributed by atoms with Crippen LogP contribution in [0.25, 0.3) is 0 Å². The van der Waals surface area contributed by atoms with Crippen LogP contribution in [0.4, 0.5) is 13.2 Å². The predicted octanol–water partition coefficient (Wildman–Crippen LogP) is 3.82. The Kier molecular flexibility index (Phi) is 4.29. The maximum atomic E-state index is 12.8. The number of halogens is 3. The van der Waals surface area contributed by atoms with Gasteiger partial charge in [0, 0.05) is 0 Å². The van der Waals surface area contributed by atoms with E-state index in [9.17, 15) is 18.3 Å². The first-order chi connectivity index (χ1) is 9.48. The van der Waals surface area contributed by atoms with E-state index in [1.165, 1.54) is 18.2 Å². The monoisotopic (exact) mass is 282 g/mol. The number of para-hydroxylation sites is 1. The van der Waals surface area contributed by atoms with E-state index in [4.69, 9.17) is 4.74 Å². The first-order valence-corrected chi connectivity index (χ1v) is 6.00. The average Bonchev–Trinajstić information content (AvgIpc) is 2.45. The highest BCUT2D eigenvalue weighted by Gasteiger charge is 2.34. The summed E-state index contributed by atoms with van der Waals surface area (Å²) in [7, 11) is 0. The number of alkyl halides is 3. The first kappa shape index (κ1) is 14.4. The molecule has 0 heterocycles. The molecule has 2 rings (SSSR count). The summed E-state index contributed by atoms with van der Waals surface area (Å²) in [5.41, 5.74) is -1.03. The second kappa shape index (κ2) is 5.96. The molecule has 0 aromatic heterocycles. The minimum Gasteiger partial charge on any atom is -0.491 e. The zero-order chi connectivity index (χ0) is 14.6. The molecule has 0 aliphatic carbocycles. The Balaban J connectivity index is 2.12. The third kappa shape index (κ3) is 3.51. The van der Waals surface area contributed by atoms with Gasteiger partial charge in [-0.1, -0.05) is 36.4 Å². The van der Waals surface area contributed by atoms with E-state index in [0.717, 1.165) is 6.07 Å². The molecular weight excluding hydrogens is 269 g/mol. The smallest absolute Gasteiger partial charge is 0.416 e. The van der Waals surface area contributed by atoms with Gasteiger partial charge in [-0.15, -0.1) is 0 Å². The summed E-state index contributed by atoms with van der Waals surface area (Å²) in [6, 6.07) is 13.6. The van der Waals surface area contributed by atoms with Gasteiger partial charge in [0.05, 0.1) is 5.56 Å². The zero-order valence-electron chi connectivity index (χ0n) is 10.5. The van der Waals surface area contributed by atoms with Gasteiger partial charge in [0.15, 0.2) is 0 Å². The van der Waals surface area contributed by atoms with E-state index in [1.54, 1.807) is 30.3 Å². The summed E-state index contributed by atoms with van der Waals surface area (Å²) in [5.74, 6) is 0.496. The van der Waals surface area contributed by atoms with Crippen molar-refractivity contribution in [2.24, 2.45) is 0 Å². The molecule has 0 amide bonds. The Morgan fingerprint density at radius 3 is 2.20 bits per heavy atom. The zero-order valence-corrected chi connectivity index (χ0v) is 10.5. The van der Waals surface area contributed by atoms with E-state index in [0.29, 0.717) is 5.75 Å². The second-order valence-corrected chi connectivity index (χ2v) is 4.22. The molecule has 0 spiro atoms. The summed E-state index contributed by atoms with van der Waals surface area (Å²) in [6.07, 6.45) is -5.84. The molecule has 5 heteroatoms. The van der Waals surface area contributed by atoms with Crippen molar-refractivity contribution in [3.05, 3.63) is 65.7 Å². The fourth-order valence-corrected chi connectivity index (χ4v) is 1.83. The van der Waals surface area contributed by atoms with Gasteiger partial charge in [-0.05, 0) is 23.8 Å². The molecule has 0 saturated heterocycles. The van der Waals surface area contributed by atoms with Gasteiger partial charge in [0.1, 0.15) is 18.5 Å².